The molecule has 0 radical (unpaired) electrons. The minimum atomic E-state index is -0.401. The van der Waals surface area contributed by atoms with Crippen LogP contribution in [-0.2, 0) is 11.3 Å². The van der Waals surface area contributed by atoms with Crippen LogP contribution in [0.15, 0.2) is 23.1 Å². The molecule has 4 heteroatoms. The normalized spacial score (nSPS) is 14.6. The van der Waals surface area contributed by atoms with Crippen molar-refractivity contribution >= 4 is 24.4 Å². The largest absolute Gasteiger partial charge is 0.444 e. The van der Waals surface area contributed by atoms with E-state index in [1.54, 1.807) is 6.07 Å². The predicted molar refractivity (Wildman–Crippen MR) is 47.5 cm³/mol. The molecule has 3 nitrogen and oxygen atoms in total. The Bertz CT molecular complexity index is 338. The Morgan fingerprint density at radius 1 is 1.50 bits per heavy atom. The number of carbonyl (C=O) groups excluding carboxylic acids is 1. The lowest BCUT2D eigenvalue weighted by Gasteiger charge is -2.17. The van der Waals surface area contributed by atoms with Crippen molar-refractivity contribution in [1.82, 2.24) is 0 Å². The number of thiol groups is 1. The number of anilines is 1. The molecule has 1 aliphatic heterocycles. The molecule has 62 valence electrons. The third kappa shape index (κ3) is 1.25. The molecule has 1 aliphatic rings. The van der Waals surface area contributed by atoms with Gasteiger partial charge < -0.3 is 4.74 Å². The molecule has 1 aromatic rings. The Labute approximate surface area is 75.1 Å². The first-order valence-electron chi connectivity index (χ1n) is 3.51. The van der Waals surface area contributed by atoms with Crippen LogP contribution in [-0.4, -0.2) is 6.09 Å². The number of ether oxygens (including phenoxy) is 1. The van der Waals surface area contributed by atoms with Gasteiger partial charge in [0.2, 0.25) is 0 Å². The molecular formula is C8H7NO2S. The van der Waals surface area contributed by atoms with Gasteiger partial charge in [-0.05, 0) is 12.1 Å². The lowest BCUT2D eigenvalue weighted by atomic mass is 10.2. The zero-order valence-electron chi connectivity index (χ0n) is 6.20. The van der Waals surface area contributed by atoms with E-state index in [0.29, 0.717) is 6.61 Å². The monoisotopic (exact) mass is 181 g/mol. The highest BCUT2D eigenvalue weighted by Gasteiger charge is 2.14. The van der Waals surface area contributed by atoms with Crippen LogP contribution in [0.2, 0.25) is 0 Å². The smallest absolute Gasteiger partial charge is 0.411 e. The molecule has 0 aliphatic carbocycles. The van der Waals surface area contributed by atoms with Crippen molar-refractivity contribution in [2.24, 2.45) is 0 Å². The van der Waals surface area contributed by atoms with Crippen molar-refractivity contribution in [3.8, 4) is 0 Å². The minimum Gasteiger partial charge on any atom is -0.444 e. The van der Waals surface area contributed by atoms with E-state index >= 15 is 0 Å². The molecule has 1 amide bonds. The van der Waals surface area contributed by atoms with Crippen molar-refractivity contribution in [3.05, 3.63) is 23.8 Å². The van der Waals surface area contributed by atoms with Gasteiger partial charge >= 0.3 is 6.09 Å². The van der Waals surface area contributed by atoms with E-state index in [2.05, 4.69) is 17.9 Å². The van der Waals surface area contributed by atoms with Crippen LogP contribution in [0, 0.1) is 0 Å². The van der Waals surface area contributed by atoms with Gasteiger partial charge in [-0.3, -0.25) is 5.32 Å². The lowest BCUT2D eigenvalue weighted by Crippen LogP contribution is -2.20. The molecule has 0 saturated heterocycles. The summed E-state index contributed by atoms with van der Waals surface area (Å²) in [6.45, 7) is 0.342. The van der Waals surface area contributed by atoms with Gasteiger partial charge in [0.15, 0.2) is 0 Å². The van der Waals surface area contributed by atoms with Gasteiger partial charge in [-0.2, -0.15) is 0 Å². The number of cyclic esters (lactones) is 1. The summed E-state index contributed by atoms with van der Waals surface area (Å²) in [6, 6.07) is 5.55. The zero-order valence-corrected chi connectivity index (χ0v) is 7.10. The van der Waals surface area contributed by atoms with E-state index < -0.39 is 6.09 Å². The second-order valence-electron chi connectivity index (χ2n) is 2.54. The van der Waals surface area contributed by atoms with Crippen molar-refractivity contribution < 1.29 is 9.53 Å². The fourth-order valence-electron chi connectivity index (χ4n) is 1.10. The molecule has 0 aromatic heterocycles. The summed E-state index contributed by atoms with van der Waals surface area (Å²) in [5.74, 6) is 0. The molecule has 0 fully saturated rings. The molecule has 0 spiro atoms. The highest BCUT2D eigenvalue weighted by Crippen LogP contribution is 2.23. The Hall–Kier alpha value is -1.16. The van der Waals surface area contributed by atoms with Crippen LogP contribution in [0.25, 0.3) is 0 Å². The molecule has 2 rings (SSSR count). The summed E-state index contributed by atoms with van der Waals surface area (Å²) in [5.41, 5.74) is 1.77. The van der Waals surface area contributed by atoms with Gasteiger partial charge in [0.1, 0.15) is 6.61 Å². The van der Waals surface area contributed by atoms with E-state index in [1.807, 2.05) is 12.1 Å². The molecule has 1 aromatic carbocycles. The fourth-order valence-corrected chi connectivity index (χ4v) is 1.30. The number of rotatable bonds is 0. The van der Waals surface area contributed by atoms with Crippen molar-refractivity contribution in [3.63, 3.8) is 0 Å². The van der Waals surface area contributed by atoms with Gasteiger partial charge in [-0.1, -0.05) is 6.07 Å². The molecule has 1 heterocycles. The maximum absolute atomic E-state index is 10.8. The van der Waals surface area contributed by atoms with Crippen molar-refractivity contribution in [1.29, 1.82) is 0 Å². The average molecular weight is 181 g/mol. The highest BCUT2D eigenvalue weighted by molar-refractivity contribution is 7.80. The zero-order chi connectivity index (χ0) is 8.55. The van der Waals surface area contributed by atoms with Crippen LogP contribution in [0.3, 0.4) is 0 Å². The Morgan fingerprint density at radius 2 is 2.33 bits per heavy atom. The summed E-state index contributed by atoms with van der Waals surface area (Å²) in [5, 5.41) is 2.59. The second-order valence-corrected chi connectivity index (χ2v) is 3.06. The number of nitrogens with one attached hydrogen (secondary N) is 1. The molecule has 12 heavy (non-hydrogen) atoms. The van der Waals surface area contributed by atoms with E-state index in [4.69, 9.17) is 4.74 Å². The lowest BCUT2D eigenvalue weighted by molar-refractivity contribution is 0.151. The molecule has 0 atom stereocenters. The van der Waals surface area contributed by atoms with E-state index in [0.717, 1.165) is 16.1 Å². The average Bonchev–Trinajstić information content (AvgIpc) is 2.03. The number of carbonyl (C=O) groups is 1. The van der Waals surface area contributed by atoms with Gasteiger partial charge in [-0.15, -0.1) is 12.6 Å². The van der Waals surface area contributed by atoms with Crippen molar-refractivity contribution in [2.45, 2.75) is 11.5 Å². The summed E-state index contributed by atoms with van der Waals surface area (Å²) >= 11 is 4.16. The molecule has 0 unspecified atom stereocenters. The molecule has 1 N–H and O–H groups in total. The van der Waals surface area contributed by atoms with Crippen molar-refractivity contribution in [2.75, 3.05) is 5.32 Å². The molecule has 0 bridgehead atoms. The van der Waals surface area contributed by atoms with Gasteiger partial charge in [0.25, 0.3) is 0 Å². The van der Waals surface area contributed by atoms with E-state index in [9.17, 15) is 4.79 Å². The van der Waals surface area contributed by atoms with E-state index in [-0.39, 0.29) is 0 Å². The Morgan fingerprint density at radius 3 is 3.17 bits per heavy atom. The van der Waals surface area contributed by atoms with Gasteiger partial charge in [0, 0.05) is 10.5 Å². The van der Waals surface area contributed by atoms with Crippen LogP contribution < -0.4 is 5.32 Å². The first kappa shape index (κ1) is 7.49. The SMILES string of the molecule is O=C1Nc2cc(S)ccc2CO1. The fraction of sp³-hybridized carbons (Fsp3) is 0.125. The third-order valence-electron chi connectivity index (χ3n) is 1.69. The van der Waals surface area contributed by atoms with Crippen LogP contribution in [0.4, 0.5) is 10.5 Å². The number of hydrogen-bond acceptors (Lipinski definition) is 3. The van der Waals surface area contributed by atoms with Crippen LogP contribution >= 0.6 is 12.6 Å². The summed E-state index contributed by atoms with van der Waals surface area (Å²) in [4.78, 5) is 11.6. The number of fused-ring (bicyclic) bond motifs is 1. The third-order valence-corrected chi connectivity index (χ3v) is 1.97. The minimum absolute atomic E-state index is 0.342. The number of benzene rings is 1. The predicted octanol–water partition coefficient (Wildman–Crippen LogP) is 2.04. The quantitative estimate of drug-likeness (QED) is 0.601. The molecule has 0 saturated carbocycles. The first-order chi connectivity index (χ1) is 5.75. The molecular weight excluding hydrogens is 174 g/mol. The maximum atomic E-state index is 10.8. The van der Waals surface area contributed by atoms with Crippen LogP contribution in [0.5, 0.6) is 0 Å². The number of amides is 1. The first-order valence-corrected chi connectivity index (χ1v) is 3.96. The van der Waals surface area contributed by atoms with Gasteiger partial charge in [-0.25, -0.2) is 4.79 Å². The standard InChI is InChI=1S/C8H7NO2S/c10-8-9-7-3-6(12)2-1-5(7)4-11-8/h1-3,12H,4H2,(H,9,10). The van der Waals surface area contributed by atoms with E-state index in [1.165, 1.54) is 0 Å². The Kier molecular flexibility index (Phi) is 1.69. The summed E-state index contributed by atoms with van der Waals surface area (Å²) in [7, 11) is 0. The number of hydrogen-bond donors (Lipinski definition) is 2. The summed E-state index contributed by atoms with van der Waals surface area (Å²) < 4.78 is 4.77. The summed E-state index contributed by atoms with van der Waals surface area (Å²) in [6.07, 6.45) is -0.401. The van der Waals surface area contributed by atoms with Gasteiger partial charge in [0.05, 0.1) is 5.69 Å². The Balaban J connectivity index is 2.44. The topological polar surface area (TPSA) is 38.3 Å². The second kappa shape index (κ2) is 2.71. The highest BCUT2D eigenvalue weighted by atomic mass is 32.1. The maximum Gasteiger partial charge on any atom is 0.411 e. The van der Waals surface area contributed by atoms with Crippen LogP contribution in [0.1, 0.15) is 5.56 Å².